The number of likely N-dealkylation sites (N-methyl/N-ethyl adjacent to an activating group) is 1. The molecule has 2 heterocycles. The molecule has 2 saturated heterocycles. The van der Waals surface area contributed by atoms with Gasteiger partial charge in [0.05, 0.1) is 4.90 Å². The number of hydrogen-bond acceptors (Lipinski definition) is 4. The average molecular weight is 351 g/mol. The highest BCUT2D eigenvalue weighted by atomic mass is 32.2. The standard InChI is InChI=1S/C17H25N3O3S/c1-18-11-13-19(14-12-18)17(21)16-9-5-6-10-20(16)24(22,23)15-7-3-2-4-8-15/h2-4,7-8,16H,5-6,9-14H2,1H3/t16-/m1/s1. The van der Waals surface area contributed by atoms with Crippen LogP contribution < -0.4 is 0 Å². The first-order valence-electron chi connectivity index (χ1n) is 8.54. The van der Waals surface area contributed by atoms with Gasteiger partial charge in [0.15, 0.2) is 0 Å². The molecular formula is C17H25N3O3S. The van der Waals surface area contributed by atoms with Crippen LogP contribution in [0.2, 0.25) is 0 Å². The fraction of sp³-hybridized carbons (Fsp3) is 0.588. The van der Waals surface area contributed by atoms with E-state index < -0.39 is 16.1 Å². The normalized spacial score (nSPS) is 24.0. The highest BCUT2D eigenvalue weighted by Gasteiger charge is 2.39. The summed E-state index contributed by atoms with van der Waals surface area (Å²) in [5.41, 5.74) is 0. The summed E-state index contributed by atoms with van der Waals surface area (Å²) in [6.45, 7) is 3.44. The van der Waals surface area contributed by atoms with Crippen LogP contribution in [0.5, 0.6) is 0 Å². The van der Waals surface area contributed by atoms with Crippen molar-refractivity contribution in [2.24, 2.45) is 0 Å². The van der Waals surface area contributed by atoms with E-state index in [1.807, 2.05) is 11.9 Å². The quantitative estimate of drug-likeness (QED) is 0.815. The highest BCUT2D eigenvalue weighted by molar-refractivity contribution is 7.89. The molecule has 24 heavy (non-hydrogen) atoms. The molecule has 2 fully saturated rings. The number of benzene rings is 1. The van der Waals surface area contributed by atoms with Gasteiger partial charge in [-0.3, -0.25) is 4.79 Å². The molecule has 1 aromatic rings. The van der Waals surface area contributed by atoms with Gasteiger partial charge in [0.2, 0.25) is 15.9 Å². The summed E-state index contributed by atoms with van der Waals surface area (Å²) in [6.07, 6.45) is 2.31. The van der Waals surface area contributed by atoms with Crippen LogP contribution in [-0.2, 0) is 14.8 Å². The lowest BCUT2D eigenvalue weighted by atomic mass is 10.0. The first-order valence-corrected chi connectivity index (χ1v) is 9.98. The zero-order chi connectivity index (χ0) is 17.2. The Kier molecular flexibility index (Phi) is 5.22. The van der Waals surface area contributed by atoms with Gasteiger partial charge in [-0.05, 0) is 32.0 Å². The van der Waals surface area contributed by atoms with E-state index >= 15 is 0 Å². The Labute approximate surface area is 144 Å². The first-order chi connectivity index (χ1) is 11.5. The van der Waals surface area contributed by atoms with E-state index in [0.29, 0.717) is 26.1 Å². The molecule has 132 valence electrons. The second kappa shape index (κ2) is 7.21. The van der Waals surface area contributed by atoms with Gasteiger partial charge in [-0.15, -0.1) is 0 Å². The number of carbonyl (C=O) groups is 1. The Morgan fingerprint density at radius 2 is 1.67 bits per heavy atom. The van der Waals surface area contributed by atoms with Gasteiger partial charge < -0.3 is 9.80 Å². The maximum absolute atomic E-state index is 13.0. The van der Waals surface area contributed by atoms with Gasteiger partial charge in [0.1, 0.15) is 6.04 Å². The van der Waals surface area contributed by atoms with Crippen LogP contribution in [0.1, 0.15) is 19.3 Å². The maximum atomic E-state index is 13.0. The predicted octanol–water partition coefficient (Wildman–Crippen LogP) is 1.00. The largest absolute Gasteiger partial charge is 0.339 e. The molecule has 0 radical (unpaired) electrons. The Bertz CT molecular complexity index is 670. The van der Waals surface area contributed by atoms with Crippen LogP contribution in [-0.4, -0.2) is 74.2 Å². The van der Waals surface area contributed by atoms with Crippen molar-refractivity contribution in [2.45, 2.75) is 30.2 Å². The molecule has 0 N–H and O–H groups in total. The number of nitrogens with zero attached hydrogens (tertiary/aromatic N) is 3. The summed E-state index contributed by atoms with van der Waals surface area (Å²) in [4.78, 5) is 17.2. The Morgan fingerprint density at radius 3 is 2.33 bits per heavy atom. The Balaban J connectivity index is 1.82. The molecule has 0 bridgehead atoms. The van der Waals surface area contributed by atoms with E-state index in [-0.39, 0.29) is 10.8 Å². The van der Waals surface area contributed by atoms with E-state index in [4.69, 9.17) is 0 Å². The Morgan fingerprint density at radius 1 is 1.00 bits per heavy atom. The third-order valence-electron chi connectivity index (χ3n) is 4.90. The van der Waals surface area contributed by atoms with Crippen LogP contribution in [0.3, 0.4) is 0 Å². The monoisotopic (exact) mass is 351 g/mol. The lowest BCUT2D eigenvalue weighted by Crippen LogP contribution is -2.56. The van der Waals surface area contributed by atoms with Crippen molar-refractivity contribution < 1.29 is 13.2 Å². The second-order valence-electron chi connectivity index (χ2n) is 6.57. The molecule has 0 unspecified atom stereocenters. The zero-order valence-corrected chi connectivity index (χ0v) is 14.9. The molecule has 1 amide bonds. The lowest BCUT2D eigenvalue weighted by Gasteiger charge is -2.39. The molecule has 1 aromatic carbocycles. The van der Waals surface area contributed by atoms with Gasteiger partial charge in [0, 0.05) is 32.7 Å². The SMILES string of the molecule is CN1CCN(C(=O)[C@H]2CCCCN2S(=O)(=O)c2ccccc2)CC1. The molecule has 2 aliphatic heterocycles. The zero-order valence-electron chi connectivity index (χ0n) is 14.1. The second-order valence-corrected chi connectivity index (χ2v) is 8.46. The summed E-state index contributed by atoms with van der Waals surface area (Å²) < 4.78 is 27.4. The summed E-state index contributed by atoms with van der Waals surface area (Å²) in [7, 11) is -1.59. The molecule has 0 aromatic heterocycles. The number of piperidine rings is 1. The minimum Gasteiger partial charge on any atom is -0.339 e. The fourth-order valence-corrected chi connectivity index (χ4v) is 5.08. The van der Waals surface area contributed by atoms with Crippen LogP contribution in [0, 0.1) is 0 Å². The molecule has 1 atom stereocenters. The minimum atomic E-state index is -3.63. The summed E-state index contributed by atoms with van der Waals surface area (Å²) in [5.74, 6) is -0.0395. The molecule has 0 spiro atoms. The van der Waals surface area contributed by atoms with Crippen LogP contribution in [0.4, 0.5) is 0 Å². The van der Waals surface area contributed by atoms with Gasteiger partial charge >= 0.3 is 0 Å². The van der Waals surface area contributed by atoms with Crippen molar-refractivity contribution in [1.82, 2.24) is 14.1 Å². The highest BCUT2D eigenvalue weighted by Crippen LogP contribution is 2.26. The van der Waals surface area contributed by atoms with E-state index in [0.717, 1.165) is 25.9 Å². The van der Waals surface area contributed by atoms with Crippen molar-refractivity contribution in [3.8, 4) is 0 Å². The molecule has 0 aliphatic carbocycles. The van der Waals surface area contributed by atoms with Gasteiger partial charge in [-0.2, -0.15) is 4.31 Å². The number of carbonyl (C=O) groups excluding carboxylic acids is 1. The maximum Gasteiger partial charge on any atom is 0.243 e. The molecule has 7 heteroatoms. The van der Waals surface area contributed by atoms with E-state index in [2.05, 4.69) is 4.90 Å². The van der Waals surface area contributed by atoms with Crippen molar-refractivity contribution in [3.05, 3.63) is 30.3 Å². The van der Waals surface area contributed by atoms with Gasteiger partial charge in [0.25, 0.3) is 0 Å². The van der Waals surface area contributed by atoms with Crippen molar-refractivity contribution in [1.29, 1.82) is 0 Å². The van der Waals surface area contributed by atoms with Crippen molar-refractivity contribution in [2.75, 3.05) is 39.8 Å². The van der Waals surface area contributed by atoms with Crippen LogP contribution in [0.25, 0.3) is 0 Å². The number of piperazine rings is 1. The molecular weight excluding hydrogens is 326 g/mol. The number of hydrogen-bond donors (Lipinski definition) is 0. The number of amides is 1. The summed E-state index contributed by atoms with van der Waals surface area (Å²) in [5, 5.41) is 0. The topological polar surface area (TPSA) is 60.9 Å². The van der Waals surface area contributed by atoms with Crippen molar-refractivity contribution >= 4 is 15.9 Å². The van der Waals surface area contributed by atoms with E-state index in [9.17, 15) is 13.2 Å². The van der Waals surface area contributed by atoms with Crippen LogP contribution >= 0.6 is 0 Å². The fourth-order valence-electron chi connectivity index (χ4n) is 3.40. The van der Waals surface area contributed by atoms with Crippen molar-refractivity contribution in [3.63, 3.8) is 0 Å². The summed E-state index contributed by atoms with van der Waals surface area (Å²) >= 11 is 0. The number of rotatable bonds is 3. The van der Waals surface area contributed by atoms with Gasteiger partial charge in [-0.1, -0.05) is 24.6 Å². The molecule has 2 aliphatic rings. The Hall–Kier alpha value is -1.44. The van der Waals surface area contributed by atoms with Gasteiger partial charge in [-0.25, -0.2) is 8.42 Å². The predicted molar refractivity (Wildman–Crippen MR) is 92.0 cm³/mol. The smallest absolute Gasteiger partial charge is 0.243 e. The molecule has 0 saturated carbocycles. The van der Waals surface area contributed by atoms with E-state index in [1.165, 1.54) is 4.31 Å². The first kappa shape index (κ1) is 17.4. The average Bonchev–Trinajstić information content (AvgIpc) is 2.62. The summed E-state index contributed by atoms with van der Waals surface area (Å²) in [6, 6.07) is 7.86. The number of sulfonamides is 1. The molecule has 3 rings (SSSR count). The van der Waals surface area contributed by atoms with Crippen LogP contribution in [0.15, 0.2) is 35.2 Å². The van der Waals surface area contributed by atoms with E-state index in [1.54, 1.807) is 30.3 Å². The lowest BCUT2D eigenvalue weighted by molar-refractivity contribution is -0.137. The minimum absolute atomic E-state index is 0.0395. The third kappa shape index (κ3) is 3.48. The third-order valence-corrected chi connectivity index (χ3v) is 6.83. The molecule has 6 nitrogen and oxygen atoms in total.